The number of nitrogens with one attached hydrogen (secondary N) is 1. The Balaban J connectivity index is 0.00000364. The molecular formula is C37H33Cl2FN4O4. The quantitative estimate of drug-likeness (QED) is 0.189. The zero-order valence-corrected chi connectivity index (χ0v) is 26.7. The number of nitrogens with zero attached hydrogens (tertiary/aromatic N) is 3. The first-order chi connectivity index (χ1) is 22.7. The van der Waals surface area contributed by atoms with E-state index >= 15 is 4.39 Å². The van der Waals surface area contributed by atoms with Crippen molar-refractivity contribution in [2.45, 2.75) is 50.2 Å². The molecule has 0 bridgehead atoms. The fourth-order valence-electron chi connectivity index (χ4n) is 8.29. The monoisotopic (exact) mass is 686 g/mol. The summed E-state index contributed by atoms with van der Waals surface area (Å²) < 4.78 is 24.0. The van der Waals surface area contributed by atoms with Crippen LogP contribution in [0.4, 0.5) is 10.1 Å². The molecule has 3 aliphatic rings. The van der Waals surface area contributed by atoms with Gasteiger partial charge in [-0.05, 0) is 72.5 Å². The molecule has 48 heavy (non-hydrogen) atoms. The average molecular weight is 688 g/mol. The van der Waals surface area contributed by atoms with Gasteiger partial charge in [0.05, 0.1) is 28.7 Å². The van der Waals surface area contributed by atoms with E-state index in [-0.39, 0.29) is 30.0 Å². The number of hydrogen-bond donors (Lipinski definition) is 2. The molecule has 5 aromatic rings. The van der Waals surface area contributed by atoms with Crippen LogP contribution in [0.2, 0.25) is 10.0 Å². The number of likely N-dealkylation sites (tertiary alicyclic amines) is 1. The molecule has 3 aliphatic heterocycles. The molecule has 1 amide bonds. The van der Waals surface area contributed by atoms with Crippen LogP contribution >= 0.6 is 23.2 Å². The number of imidazole rings is 1. The largest absolute Gasteiger partial charge is 0.497 e. The fraction of sp³-hybridized carbons (Fsp3) is 0.270. The molecule has 0 unspecified atom stereocenters. The van der Waals surface area contributed by atoms with Crippen molar-refractivity contribution >= 4 is 51.8 Å². The number of anilines is 1. The molecular weight excluding hydrogens is 654 g/mol. The number of aromatic carboxylic acids is 1. The Morgan fingerprint density at radius 2 is 1.92 bits per heavy atom. The molecule has 246 valence electrons. The van der Waals surface area contributed by atoms with Gasteiger partial charge in [-0.1, -0.05) is 61.0 Å². The van der Waals surface area contributed by atoms with Gasteiger partial charge in [0.2, 0.25) is 5.91 Å². The van der Waals surface area contributed by atoms with E-state index in [4.69, 9.17) is 32.9 Å². The summed E-state index contributed by atoms with van der Waals surface area (Å²) in [4.78, 5) is 33.9. The molecule has 1 spiro atoms. The Kier molecular flexibility index (Phi) is 7.97. The lowest BCUT2D eigenvalue weighted by atomic mass is 9.70. The zero-order valence-electron chi connectivity index (χ0n) is 25.2. The number of carboxylic acid groups (broad SMARTS) is 1. The number of benzene rings is 4. The molecule has 1 aromatic heterocycles. The van der Waals surface area contributed by atoms with Crippen molar-refractivity contribution in [3.05, 3.63) is 123 Å². The van der Waals surface area contributed by atoms with Crippen LogP contribution in [0.1, 0.15) is 58.6 Å². The van der Waals surface area contributed by atoms with Gasteiger partial charge in [-0.25, -0.2) is 14.2 Å². The maximum absolute atomic E-state index is 16.4. The van der Waals surface area contributed by atoms with Gasteiger partial charge in [0, 0.05) is 47.2 Å². The first-order valence-corrected chi connectivity index (χ1v) is 16.2. The second-order valence-electron chi connectivity index (χ2n) is 12.3. The predicted molar refractivity (Wildman–Crippen MR) is 184 cm³/mol. The van der Waals surface area contributed by atoms with Crippen LogP contribution in [0, 0.1) is 5.82 Å². The molecule has 2 N–H and O–H groups in total. The van der Waals surface area contributed by atoms with Gasteiger partial charge < -0.3 is 19.7 Å². The number of carboxylic acids is 1. The molecule has 4 heterocycles. The Morgan fingerprint density at radius 1 is 1.10 bits per heavy atom. The van der Waals surface area contributed by atoms with Gasteiger partial charge >= 0.3 is 5.97 Å². The van der Waals surface area contributed by atoms with Gasteiger partial charge in [0.15, 0.2) is 0 Å². The second kappa shape index (κ2) is 11.9. The first kappa shape index (κ1) is 32.1. The minimum Gasteiger partial charge on any atom is -0.497 e. The van der Waals surface area contributed by atoms with Crippen LogP contribution < -0.4 is 10.1 Å². The van der Waals surface area contributed by atoms with Crippen LogP contribution in [-0.4, -0.2) is 51.1 Å². The summed E-state index contributed by atoms with van der Waals surface area (Å²) in [5, 5.41) is 13.2. The Labute approximate surface area is 287 Å². The maximum atomic E-state index is 16.4. The molecule has 8 rings (SSSR count). The number of aryl methyl sites for hydroxylation is 1. The Morgan fingerprint density at radius 3 is 2.71 bits per heavy atom. The summed E-state index contributed by atoms with van der Waals surface area (Å²) in [6.45, 7) is 1.07. The minimum absolute atomic E-state index is 0. The van der Waals surface area contributed by atoms with E-state index in [1.165, 1.54) is 6.07 Å². The van der Waals surface area contributed by atoms with Crippen LogP contribution in [0.5, 0.6) is 5.75 Å². The fourth-order valence-corrected chi connectivity index (χ4v) is 8.64. The SMILES string of the molecule is C.COc1cccc(CCN2[C@H]3CCn4c(nc5cc(C(=O)O)ccc54)[C@H]3[C@H](c3cccc(Cl)c3F)[C@]23C(=O)Nc2cc(Cl)ccc23)c1. The topological polar surface area (TPSA) is 96.7 Å². The highest BCUT2D eigenvalue weighted by atomic mass is 35.5. The van der Waals surface area contributed by atoms with Crippen LogP contribution in [-0.2, 0) is 23.3 Å². The highest BCUT2D eigenvalue weighted by Crippen LogP contribution is 2.64. The summed E-state index contributed by atoms with van der Waals surface area (Å²) in [5.74, 6) is -1.67. The van der Waals surface area contributed by atoms with Crippen molar-refractivity contribution in [1.82, 2.24) is 14.5 Å². The Bertz CT molecular complexity index is 2120. The van der Waals surface area contributed by atoms with Crippen molar-refractivity contribution in [3.8, 4) is 5.75 Å². The summed E-state index contributed by atoms with van der Waals surface area (Å²) in [6.07, 6.45) is 1.25. The maximum Gasteiger partial charge on any atom is 0.335 e. The van der Waals surface area contributed by atoms with Gasteiger partial charge in [-0.15, -0.1) is 0 Å². The summed E-state index contributed by atoms with van der Waals surface area (Å²) in [7, 11) is 1.63. The van der Waals surface area contributed by atoms with E-state index in [9.17, 15) is 14.7 Å². The standard InChI is InChI=1S/C36H29Cl2FN4O4.CH4/c1-47-22-5-2-4-19(16-22)12-15-43-29-13-14-42-28-11-8-20(34(44)45)17-27(28)40-33(42)30(29)31(23-6-3-7-25(38)32(23)39)36(43)24-10-9-21(37)18-26(24)41-35(36)46;/h2-11,16-18,29-31H,12-15H2,1H3,(H,41,46)(H,44,45);1H4/t29-,30+,31-,36+;/m0./s1. The first-order valence-electron chi connectivity index (χ1n) is 15.4. The van der Waals surface area contributed by atoms with E-state index in [1.807, 2.05) is 30.3 Å². The number of carbonyl (C=O) groups excluding carboxylic acids is 1. The number of methoxy groups -OCH3 is 1. The van der Waals surface area contributed by atoms with Crippen molar-refractivity contribution in [3.63, 3.8) is 0 Å². The third-order valence-electron chi connectivity index (χ3n) is 10.1. The van der Waals surface area contributed by atoms with Crippen molar-refractivity contribution in [1.29, 1.82) is 0 Å². The average Bonchev–Trinajstić information content (AvgIpc) is 3.68. The number of fused-ring (bicyclic) bond motifs is 7. The predicted octanol–water partition coefficient (Wildman–Crippen LogP) is 7.87. The van der Waals surface area contributed by atoms with Crippen molar-refractivity contribution in [2.75, 3.05) is 19.0 Å². The molecule has 1 fully saturated rings. The number of ether oxygens (including phenoxy) is 1. The Hall–Kier alpha value is -4.44. The number of rotatable bonds is 6. The number of amides is 1. The highest BCUT2D eigenvalue weighted by molar-refractivity contribution is 6.31. The summed E-state index contributed by atoms with van der Waals surface area (Å²) >= 11 is 12.9. The van der Waals surface area contributed by atoms with E-state index in [1.54, 1.807) is 49.6 Å². The molecule has 1 saturated heterocycles. The summed E-state index contributed by atoms with van der Waals surface area (Å²) in [6, 6.07) is 22.8. The normalized spacial score (nSPS) is 22.6. The molecule has 0 radical (unpaired) electrons. The van der Waals surface area contributed by atoms with Crippen molar-refractivity contribution in [2.24, 2.45) is 0 Å². The van der Waals surface area contributed by atoms with E-state index in [0.717, 1.165) is 16.8 Å². The summed E-state index contributed by atoms with van der Waals surface area (Å²) in [5.41, 5.74) is 2.78. The molecule has 8 nitrogen and oxygen atoms in total. The van der Waals surface area contributed by atoms with Gasteiger partial charge in [-0.2, -0.15) is 0 Å². The van der Waals surface area contributed by atoms with E-state index < -0.39 is 29.2 Å². The lowest BCUT2D eigenvalue weighted by Crippen LogP contribution is -2.53. The lowest BCUT2D eigenvalue weighted by molar-refractivity contribution is -0.127. The van der Waals surface area contributed by atoms with Gasteiger partial charge in [0.25, 0.3) is 0 Å². The molecule has 0 aliphatic carbocycles. The van der Waals surface area contributed by atoms with Crippen LogP contribution in [0.3, 0.4) is 0 Å². The lowest BCUT2D eigenvalue weighted by Gasteiger charge is -2.40. The minimum atomic E-state index is -1.33. The number of hydrogen-bond acceptors (Lipinski definition) is 5. The molecule has 4 aromatic carbocycles. The van der Waals surface area contributed by atoms with Crippen LogP contribution in [0.25, 0.3) is 11.0 Å². The van der Waals surface area contributed by atoms with E-state index in [2.05, 4.69) is 14.8 Å². The molecule has 11 heteroatoms. The molecule has 4 atom stereocenters. The highest BCUT2D eigenvalue weighted by Gasteiger charge is 2.68. The third kappa shape index (κ3) is 4.63. The van der Waals surface area contributed by atoms with Gasteiger partial charge in [0.1, 0.15) is 22.9 Å². The number of halogens is 3. The second-order valence-corrected chi connectivity index (χ2v) is 13.2. The zero-order chi connectivity index (χ0) is 32.6. The van der Waals surface area contributed by atoms with Crippen LogP contribution in [0.15, 0.2) is 78.9 Å². The molecule has 0 saturated carbocycles. The smallest absolute Gasteiger partial charge is 0.335 e. The third-order valence-corrected chi connectivity index (χ3v) is 10.7. The number of aromatic nitrogens is 2. The van der Waals surface area contributed by atoms with Gasteiger partial charge in [-0.3, -0.25) is 9.69 Å². The van der Waals surface area contributed by atoms with E-state index in [0.29, 0.717) is 59.1 Å². The van der Waals surface area contributed by atoms with Crippen molar-refractivity contribution < 1.29 is 23.8 Å². The number of carbonyl (C=O) groups is 2.